The van der Waals surface area contributed by atoms with Gasteiger partial charge in [0, 0.05) is 30.2 Å². The van der Waals surface area contributed by atoms with Crippen molar-refractivity contribution in [3.05, 3.63) is 58.9 Å². The molecule has 0 spiro atoms. The Morgan fingerprint density at radius 3 is 2.75 bits per heavy atom. The minimum atomic E-state index is -0.655. The van der Waals surface area contributed by atoms with Crippen molar-refractivity contribution in [3.63, 3.8) is 0 Å². The molecular weight excluding hydrogens is 350 g/mol. The number of hydrogen-bond acceptors (Lipinski definition) is 3. The molecule has 124 valence electrons. The van der Waals surface area contributed by atoms with E-state index in [1.54, 1.807) is 18.8 Å². The maximum Gasteiger partial charge on any atom is 0.249 e. The maximum atomic E-state index is 13.9. The molecule has 3 rings (SSSR count). The van der Waals surface area contributed by atoms with E-state index in [4.69, 9.17) is 0 Å². The molecule has 24 heavy (non-hydrogen) atoms. The summed E-state index contributed by atoms with van der Waals surface area (Å²) in [7, 11) is 1.62. The molecule has 1 aromatic heterocycles. The molecule has 0 aliphatic rings. The first-order valence-electron chi connectivity index (χ1n) is 7.24. The molecule has 0 aliphatic heterocycles. The Morgan fingerprint density at radius 2 is 2.00 bits per heavy atom. The number of aryl methyl sites for hydroxylation is 1. The molecule has 2 aromatic carbocycles. The average Bonchev–Trinajstić information content (AvgIpc) is 2.84. The Labute approximate surface area is 145 Å². The van der Waals surface area contributed by atoms with Crippen LogP contribution in [0.1, 0.15) is 6.42 Å². The average molecular weight is 364 g/mol. The van der Waals surface area contributed by atoms with Gasteiger partial charge >= 0.3 is 0 Å². The summed E-state index contributed by atoms with van der Waals surface area (Å²) in [4.78, 5) is 17.5. The summed E-state index contributed by atoms with van der Waals surface area (Å²) < 4.78 is 29.1. The van der Waals surface area contributed by atoms with Gasteiger partial charge in [-0.25, -0.2) is 8.78 Å². The lowest BCUT2D eigenvalue weighted by atomic mass is 10.3. The van der Waals surface area contributed by atoms with E-state index < -0.39 is 11.6 Å². The smallest absolute Gasteiger partial charge is 0.249 e. The molecule has 0 N–H and O–H groups in total. The van der Waals surface area contributed by atoms with Crippen LogP contribution in [0.2, 0.25) is 0 Å². The van der Waals surface area contributed by atoms with Gasteiger partial charge in [0.1, 0.15) is 5.82 Å². The largest absolute Gasteiger partial charge is 0.317 e. The first-order chi connectivity index (χ1) is 11.5. The number of thioether (sulfide) groups is 1. The number of nitrogens with zero attached hydrogens (tertiary/aromatic N) is 2. The zero-order valence-electron chi connectivity index (χ0n) is 12.8. The summed E-state index contributed by atoms with van der Waals surface area (Å²) >= 11 is 2.68. The predicted octanol–water partition coefficient (Wildman–Crippen LogP) is 4.13. The van der Waals surface area contributed by atoms with Gasteiger partial charge in [-0.15, -0.1) is 11.8 Å². The van der Waals surface area contributed by atoms with Crippen LogP contribution in [0.15, 0.2) is 52.4 Å². The molecule has 0 aliphatic carbocycles. The van der Waals surface area contributed by atoms with E-state index in [1.165, 1.54) is 10.6 Å². The second-order valence-corrected chi connectivity index (χ2v) is 7.27. The van der Waals surface area contributed by atoms with Gasteiger partial charge in [-0.2, -0.15) is 4.99 Å². The number of amides is 1. The van der Waals surface area contributed by atoms with Crippen molar-refractivity contribution in [2.75, 3.05) is 5.75 Å². The zero-order valence-corrected chi connectivity index (χ0v) is 14.5. The number of carbonyl (C=O) groups excluding carboxylic acids is 1. The molecule has 0 saturated heterocycles. The Morgan fingerprint density at radius 1 is 1.25 bits per heavy atom. The normalized spacial score (nSPS) is 12.0. The van der Waals surface area contributed by atoms with Crippen molar-refractivity contribution >= 4 is 39.2 Å². The molecule has 0 saturated carbocycles. The molecule has 3 nitrogen and oxygen atoms in total. The van der Waals surface area contributed by atoms with Crippen molar-refractivity contribution in [2.24, 2.45) is 12.0 Å². The third-order valence-corrected chi connectivity index (χ3v) is 5.46. The number of hydrogen-bond donors (Lipinski definition) is 0. The maximum absolute atomic E-state index is 13.9. The van der Waals surface area contributed by atoms with Crippen LogP contribution >= 0.6 is 23.1 Å². The topological polar surface area (TPSA) is 34.4 Å². The second-order valence-electron chi connectivity index (χ2n) is 5.10. The van der Waals surface area contributed by atoms with Crippen molar-refractivity contribution < 1.29 is 13.6 Å². The van der Waals surface area contributed by atoms with Crippen LogP contribution in [0, 0.1) is 11.6 Å². The van der Waals surface area contributed by atoms with E-state index in [9.17, 15) is 13.6 Å². The highest BCUT2D eigenvalue weighted by atomic mass is 32.2. The molecule has 7 heteroatoms. The van der Waals surface area contributed by atoms with Gasteiger partial charge < -0.3 is 4.57 Å². The fraction of sp³-hybridized carbons (Fsp3) is 0.176. The van der Waals surface area contributed by atoms with Crippen LogP contribution in [0.5, 0.6) is 0 Å². The lowest BCUT2D eigenvalue weighted by Gasteiger charge is -1.99. The Balaban J connectivity index is 1.76. The van der Waals surface area contributed by atoms with Gasteiger partial charge in [-0.1, -0.05) is 29.5 Å². The first-order valence-corrected chi connectivity index (χ1v) is 9.05. The van der Waals surface area contributed by atoms with Gasteiger partial charge in [-0.3, -0.25) is 4.79 Å². The van der Waals surface area contributed by atoms with Gasteiger partial charge in [0.05, 0.1) is 10.2 Å². The highest BCUT2D eigenvalue weighted by Crippen LogP contribution is 2.21. The predicted molar refractivity (Wildman–Crippen MR) is 93.1 cm³/mol. The van der Waals surface area contributed by atoms with Crippen molar-refractivity contribution in [3.8, 4) is 0 Å². The lowest BCUT2D eigenvalue weighted by molar-refractivity contribution is -0.117. The fourth-order valence-electron chi connectivity index (χ4n) is 2.24. The van der Waals surface area contributed by atoms with Gasteiger partial charge in [-0.05, 0) is 18.2 Å². The van der Waals surface area contributed by atoms with Gasteiger partial charge in [0.15, 0.2) is 10.6 Å². The molecule has 3 aromatic rings. The summed E-state index contributed by atoms with van der Waals surface area (Å²) in [5, 5.41) is 0. The van der Waals surface area contributed by atoms with Crippen molar-refractivity contribution in [1.82, 2.24) is 4.57 Å². The van der Waals surface area contributed by atoms with E-state index in [-0.39, 0.29) is 17.8 Å². The number of thiazole rings is 1. The van der Waals surface area contributed by atoms with E-state index in [2.05, 4.69) is 4.99 Å². The van der Waals surface area contributed by atoms with Crippen LogP contribution in [0.3, 0.4) is 0 Å². The second kappa shape index (κ2) is 7.27. The minimum Gasteiger partial charge on any atom is -0.317 e. The summed E-state index contributed by atoms with van der Waals surface area (Å²) in [6, 6.07) is 11.9. The van der Waals surface area contributed by atoms with Gasteiger partial charge in [0.2, 0.25) is 5.91 Å². The van der Waals surface area contributed by atoms with E-state index in [0.29, 0.717) is 15.3 Å². The number of benzene rings is 2. The molecule has 0 unspecified atom stereocenters. The van der Waals surface area contributed by atoms with Gasteiger partial charge in [0.25, 0.3) is 0 Å². The fourth-order valence-corrected chi connectivity index (χ4v) is 4.18. The summed E-state index contributed by atoms with van der Waals surface area (Å²) in [5.74, 6) is -0.957. The molecule has 0 bridgehead atoms. The van der Waals surface area contributed by atoms with Crippen LogP contribution in [-0.4, -0.2) is 16.2 Å². The first kappa shape index (κ1) is 16.9. The number of aromatic nitrogens is 1. The molecule has 1 heterocycles. The summed E-state index contributed by atoms with van der Waals surface area (Å²) in [6.45, 7) is 0. The Hall–Kier alpha value is -1.99. The summed E-state index contributed by atoms with van der Waals surface area (Å²) in [5.41, 5.74) is 0.256. The number of carbonyl (C=O) groups is 1. The van der Waals surface area contributed by atoms with Crippen molar-refractivity contribution in [1.29, 1.82) is 0 Å². The highest BCUT2D eigenvalue weighted by molar-refractivity contribution is 7.99. The molecule has 1 amide bonds. The highest BCUT2D eigenvalue weighted by Gasteiger charge is 2.11. The quantitative estimate of drug-likeness (QED) is 0.653. The van der Waals surface area contributed by atoms with Crippen molar-refractivity contribution in [2.45, 2.75) is 11.3 Å². The SMILES string of the molecule is Cn1c(=NC(=O)CCSc2ccccc2)sc2cc(F)cc(F)c21. The van der Waals surface area contributed by atoms with Crippen LogP contribution in [0.4, 0.5) is 8.78 Å². The Bertz CT molecular complexity index is 948. The van der Waals surface area contributed by atoms with E-state index >= 15 is 0 Å². The number of rotatable bonds is 4. The third-order valence-electron chi connectivity index (χ3n) is 3.36. The molecule has 0 radical (unpaired) electrons. The molecule has 0 atom stereocenters. The Kier molecular flexibility index (Phi) is 5.11. The monoisotopic (exact) mass is 364 g/mol. The molecule has 0 fully saturated rings. The zero-order chi connectivity index (χ0) is 17.1. The summed E-state index contributed by atoms with van der Waals surface area (Å²) in [6.07, 6.45) is 0.282. The van der Waals surface area contributed by atoms with E-state index in [0.717, 1.165) is 22.3 Å². The van der Waals surface area contributed by atoms with Crippen LogP contribution in [0.25, 0.3) is 10.2 Å². The van der Waals surface area contributed by atoms with Crippen LogP contribution in [-0.2, 0) is 11.8 Å². The standard InChI is InChI=1S/C17H14F2N2OS2/c1-21-16-13(19)9-11(18)10-14(16)24-17(21)20-15(22)7-8-23-12-5-3-2-4-6-12/h2-6,9-10H,7-8H2,1H3. The number of fused-ring (bicyclic) bond motifs is 1. The van der Waals surface area contributed by atoms with E-state index in [1.807, 2.05) is 30.3 Å². The third kappa shape index (κ3) is 3.73. The lowest BCUT2D eigenvalue weighted by Crippen LogP contribution is -2.14. The molecular formula is C17H14F2N2OS2. The number of halogens is 2. The minimum absolute atomic E-state index is 0.256. The van der Waals surface area contributed by atoms with Crippen LogP contribution < -0.4 is 4.80 Å².